The van der Waals surface area contributed by atoms with E-state index in [1.165, 1.54) is 0 Å². The first-order chi connectivity index (χ1) is 15.5. The van der Waals surface area contributed by atoms with E-state index in [-0.39, 0.29) is 16.9 Å². The molecule has 3 rings (SSSR count). The van der Waals surface area contributed by atoms with Crippen LogP contribution in [-0.4, -0.2) is 66.6 Å². The van der Waals surface area contributed by atoms with Crippen molar-refractivity contribution >= 4 is 34.8 Å². The number of hydrogen-bond acceptors (Lipinski definition) is 5. The van der Waals surface area contributed by atoms with E-state index in [1.54, 1.807) is 36.4 Å². The molecule has 2 aromatic rings. The van der Waals surface area contributed by atoms with Crippen molar-refractivity contribution in [2.75, 3.05) is 45.2 Å². The number of ether oxygens (including phenoxy) is 1. The number of piperazine rings is 1. The Bertz CT molecular complexity index is 941. The second kappa shape index (κ2) is 11.6. The van der Waals surface area contributed by atoms with Crippen molar-refractivity contribution in [1.29, 1.82) is 0 Å². The van der Waals surface area contributed by atoms with Crippen LogP contribution in [0.2, 0.25) is 0 Å². The molecule has 0 saturated carbocycles. The third-order valence-corrected chi connectivity index (χ3v) is 5.51. The van der Waals surface area contributed by atoms with Gasteiger partial charge >= 0.3 is 0 Å². The Morgan fingerprint density at radius 3 is 2.41 bits per heavy atom. The second-order valence-electron chi connectivity index (χ2n) is 7.78. The van der Waals surface area contributed by atoms with Crippen LogP contribution < -0.4 is 15.4 Å². The molecule has 7 nitrogen and oxygen atoms in total. The van der Waals surface area contributed by atoms with Crippen molar-refractivity contribution in [3.05, 3.63) is 59.7 Å². The molecular weight excluding hydrogens is 424 g/mol. The molecule has 1 aliphatic heterocycles. The molecule has 1 fully saturated rings. The third kappa shape index (κ3) is 6.51. The number of para-hydroxylation sites is 1. The Morgan fingerprint density at radius 2 is 1.72 bits per heavy atom. The van der Waals surface area contributed by atoms with Crippen molar-refractivity contribution in [1.82, 2.24) is 15.1 Å². The number of nitrogens with one attached hydrogen (secondary N) is 2. The van der Waals surface area contributed by atoms with Gasteiger partial charge in [0.25, 0.3) is 11.8 Å². The van der Waals surface area contributed by atoms with Crippen molar-refractivity contribution in [2.45, 2.75) is 19.8 Å². The molecule has 8 heteroatoms. The number of hydrogen-bond donors (Lipinski definition) is 2. The van der Waals surface area contributed by atoms with Crippen LogP contribution >= 0.6 is 12.2 Å². The molecule has 2 aromatic carbocycles. The lowest BCUT2D eigenvalue weighted by Gasteiger charge is -2.32. The van der Waals surface area contributed by atoms with Crippen LogP contribution in [0.1, 0.15) is 40.5 Å². The van der Waals surface area contributed by atoms with Crippen LogP contribution in [0.5, 0.6) is 5.75 Å². The van der Waals surface area contributed by atoms with Gasteiger partial charge in [0.2, 0.25) is 0 Å². The van der Waals surface area contributed by atoms with Gasteiger partial charge in [-0.2, -0.15) is 0 Å². The zero-order chi connectivity index (χ0) is 22.9. The summed E-state index contributed by atoms with van der Waals surface area (Å²) >= 11 is 5.33. The van der Waals surface area contributed by atoms with Gasteiger partial charge < -0.3 is 19.9 Å². The normalized spacial score (nSPS) is 14.0. The fourth-order valence-corrected chi connectivity index (χ4v) is 3.53. The summed E-state index contributed by atoms with van der Waals surface area (Å²) in [6.45, 7) is 5.82. The minimum atomic E-state index is -0.328. The predicted octanol–water partition coefficient (Wildman–Crippen LogP) is 3.38. The number of benzene rings is 2. The van der Waals surface area contributed by atoms with Gasteiger partial charge in [-0.1, -0.05) is 25.5 Å². The molecule has 2 N–H and O–H groups in total. The van der Waals surface area contributed by atoms with Gasteiger partial charge in [-0.05, 0) is 62.1 Å². The maximum atomic E-state index is 13.0. The molecule has 0 bridgehead atoms. The number of anilines is 1. The highest BCUT2D eigenvalue weighted by Crippen LogP contribution is 2.18. The van der Waals surface area contributed by atoms with Gasteiger partial charge in [-0.25, -0.2) is 0 Å². The molecule has 0 atom stereocenters. The fraction of sp³-hybridized carbons (Fsp3) is 0.375. The summed E-state index contributed by atoms with van der Waals surface area (Å²) in [7, 11) is 2.05. The first-order valence-corrected chi connectivity index (χ1v) is 11.3. The standard InChI is InChI=1S/C24H30N4O3S/c1-3-4-17-31-19-11-9-18(10-12-19)22(29)26-24(32)25-21-8-6-5-7-20(21)23(30)28-15-13-27(2)14-16-28/h5-12H,3-4,13-17H2,1-2H3,(H2,25,26,29,32). The number of amides is 2. The number of unbranched alkanes of at least 4 members (excludes halogenated alkanes) is 1. The van der Waals surface area contributed by atoms with E-state index in [4.69, 9.17) is 17.0 Å². The summed E-state index contributed by atoms with van der Waals surface area (Å²) < 4.78 is 5.62. The number of likely N-dealkylation sites (N-methyl/N-ethyl adjacent to an activating group) is 1. The predicted molar refractivity (Wildman–Crippen MR) is 130 cm³/mol. The van der Waals surface area contributed by atoms with Crippen LogP contribution in [0.25, 0.3) is 0 Å². The van der Waals surface area contributed by atoms with Crippen molar-refractivity contribution < 1.29 is 14.3 Å². The Kier molecular flexibility index (Phi) is 8.58. The number of carbonyl (C=O) groups is 2. The smallest absolute Gasteiger partial charge is 0.257 e. The lowest BCUT2D eigenvalue weighted by atomic mass is 10.1. The minimum Gasteiger partial charge on any atom is -0.494 e. The molecule has 0 unspecified atom stereocenters. The molecule has 1 aliphatic rings. The molecule has 0 aliphatic carbocycles. The summed E-state index contributed by atoms with van der Waals surface area (Å²) in [4.78, 5) is 29.6. The SMILES string of the molecule is CCCCOc1ccc(C(=O)NC(=S)Nc2ccccc2C(=O)N2CCN(C)CC2)cc1. The van der Waals surface area contributed by atoms with Gasteiger partial charge in [0.05, 0.1) is 17.9 Å². The lowest BCUT2D eigenvalue weighted by molar-refractivity contribution is 0.0665. The summed E-state index contributed by atoms with van der Waals surface area (Å²) in [5.74, 6) is 0.353. The zero-order valence-electron chi connectivity index (χ0n) is 18.6. The van der Waals surface area contributed by atoms with E-state index in [2.05, 4.69) is 22.5 Å². The van der Waals surface area contributed by atoms with Crippen molar-refractivity contribution in [3.63, 3.8) is 0 Å². The first-order valence-electron chi connectivity index (χ1n) is 10.9. The van der Waals surface area contributed by atoms with Gasteiger partial charge in [0.15, 0.2) is 5.11 Å². The summed E-state index contributed by atoms with van der Waals surface area (Å²) in [5, 5.41) is 5.82. The van der Waals surface area contributed by atoms with Gasteiger partial charge in [0, 0.05) is 31.7 Å². The second-order valence-corrected chi connectivity index (χ2v) is 8.18. The summed E-state index contributed by atoms with van der Waals surface area (Å²) in [6, 6.07) is 14.1. The number of carbonyl (C=O) groups excluding carboxylic acids is 2. The molecular formula is C24H30N4O3S. The average molecular weight is 455 g/mol. The van der Waals surface area contributed by atoms with Crippen molar-refractivity contribution in [2.24, 2.45) is 0 Å². The summed E-state index contributed by atoms with van der Waals surface area (Å²) in [5.41, 5.74) is 1.57. The lowest BCUT2D eigenvalue weighted by Crippen LogP contribution is -2.47. The van der Waals surface area contributed by atoms with Crippen molar-refractivity contribution in [3.8, 4) is 5.75 Å². The average Bonchev–Trinajstić information content (AvgIpc) is 2.80. The van der Waals surface area contributed by atoms with Crippen LogP contribution in [-0.2, 0) is 0 Å². The molecule has 1 heterocycles. The van der Waals surface area contributed by atoms with Gasteiger partial charge in [-0.3, -0.25) is 14.9 Å². The van der Waals surface area contributed by atoms with E-state index >= 15 is 0 Å². The fourth-order valence-electron chi connectivity index (χ4n) is 3.32. The van der Waals surface area contributed by atoms with Crippen LogP contribution in [0, 0.1) is 0 Å². The highest BCUT2D eigenvalue weighted by Gasteiger charge is 2.22. The zero-order valence-corrected chi connectivity index (χ0v) is 19.4. The highest BCUT2D eigenvalue weighted by atomic mass is 32.1. The molecule has 0 aromatic heterocycles. The van der Waals surface area contributed by atoms with E-state index in [1.807, 2.05) is 24.1 Å². The van der Waals surface area contributed by atoms with Gasteiger partial charge in [-0.15, -0.1) is 0 Å². The third-order valence-electron chi connectivity index (χ3n) is 5.31. The molecule has 32 heavy (non-hydrogen) atoms. The van der Waals surface area contributed by atoms with E-state index in [0.717, 1.165) is 31.7 Å². The van der Waals surface area contributed by atoms with E-state index in [0.29, 0.717) is 36.5 Å². The maximum Gasteiger partial charge on any atom is 0.257 e. The molecule has 170 valence electrons. The van der Waals surface area contributed by atoms with Crippen LogP contribution in [0.15, 0.2) is 48.5 Å². The largest absolute Gasteiger partial charge is 0.494 e. The number of thiocarbonyl (C=S) groups is 1. The Balaban J connectivity index is 1.59. The monoisotopic (exact) mass is 454 g/mol. The minimum absolute atomic E-state index is 0.0472. The number of nitrogens with zero attached hydrogens (tertiary/aromatic N) is 2. The molecule has 0 spiro atoms. The van der Waals surface area contributed by atoms with Crippen LogP contribution in [0.3, 0.4) is 0 Å². The Labute approximate surface area is 194 Å². The number of rotatable bonds is 7. The Morgan fingerprint density at radius 1 is 1.03 bits per heavy atom. The quantitative estimate of drug-likeness (QED) is 0.494. The van der Waals surface area contributed by atoms with E-state index < -0.39 is 0 Å². The maximum absolute atomic E-state index is 13.0. The van der Waals surface area contributed by atoms with E-state index in [9.17, 15) is 9.59 Å². The Hall–Kier alpha value is -2.97. The molecule has 2 amide bonds. The highest BCUT2D eigenvalue weighted by molar-refractivity contribution is 7.80. The van der Waals surface area contributed by atoms with Crippen LogP contribution in [0.4, 0.5) is 5.69 Å². The van der Waals surface area contributed by atoms with Gasteiger partial charge in [0.1, 0.15) is 5.75 Å². The summed E-state index contributed by atoms with van der Waals surface area (Å²) in [6.07, 6.45) is 2.05. The molecule has 1 saturated heterocycles. The molecule has 0 radical (unpaired) electrons. The first kappa shape index (κ1) is 23.7. The topological polar surface area (TPSA) is 73.9 Å².